The van der Waals surface area contributed by atoms with Crippen LogP contribution in [0.4, 0.5) is 5.13 Å². The van der Waals surface area contributed by atoms with E-state index in [9.17, 15) is 9.59 Å². The predicted octanol–water partition coefficient (Wildman–Crippen LogP) is 2.13. The minimum atomic E-state index is -0.145. The molecule has 11 heteroatoms. The zero-order valence-electron chi connectivity index (χ0n) is 16.9. The Bertz CT molecular complexity index is 1200. The molecule has 3 aromatic rings. The van der Waals surface area contributed by atoms with Crippen LogP contribution in [0.25, 0.3) is 10.3 Å². The summed E-state index contributed by atoms with van der Waals surface area (Å²) in [4.78, 5) is 36.4. The van der Waals surface area contributed by atoms with Crippen molar-refractivity contribution >= 4 is 44.5 Å². The van der Waals surface area contributed by atoms with Crippen molar-refractivity contribution in [3.8, 4) is 11.5 Å². The molecular weight excluding hydrogens is 438 g/mol. The summed E-state index contributed by atoms with van der Waals surface area (Å²) < 4.78 is 12.7. The monoisotopic (exact) mass is 459 g/mol. The zero-order valence-corrected chi connectivity index (χ0v) is 18.6. The SMILES string of the molecule is Cn1c(SCC(=O)NCc2ccc3c(c2)OCO3)nc2nc(N3CCCC3)sc2c1=O. The van der Waals surface area contributed by atoms with E-state index in [-0.39, 0.29) is 24.0 Å². The van der Waals surface area contributed by atoms with E-state index in [1.807, 2.05) is 18.2 Å². The van der Waals surface area contributed by atoms with Gasteiger partial charge in [-0.05, 0) is 30.5 Å². The quantitative estimate of drug-likeness (QED) is 0.442. The van der Waals surface area contributed by atoms with Gasteiger partial charge in [-0.15, -0.1) is 0 Å². The minimum Gasteiger partial charge on any atom is -0.454 e. The molecule has 0 spiro atoms. The van der Waals surface area contributed by atoms with E-state index in [4.69, 9.17) is 9.47 Å². The number of hydrogen-bond acceptors (Lipinski definition) is 9. The van der Waals surface area contributed by atoms with Crippen molar-refractivity contribution in [1.29, 1.82) is 0 Å². The Hall–Kier alpha value is -2.79. The molecule has 4 heterocycles. The topological polar surface area (TPSA) is 98.6 Å². The molecule has 5 rings (SSSR count). The molecule has 1 N–H and O–H groups in total. The molecule has 31 heavy (non-hydrogen) atoms. The first-order chi connectivity index (χ1) is 15.1. The Morgan fingerprint density at radius 1 is 1.23 bits per heavy atom. The van der Waals surface area contributed by atoms with Gasteiger partial charge in [-0.25, -0.2) is 4.98 Å². The van der Waals surface area contributed by atoms with Crippen molar-refractivity contribution in [1.82, 2.24) is 19.9 Å². The molecule has 0 bridgehead atoms. The Balaban J connectivity index is 1.24. The molecule has 2 aliphatic rings. The summed E-state index contributed by atoms with van der Waals surface area (Å²) in [6, 6.07) is 5.58. The standard InChI is InChI=1S/C20H21N5O4S2/c1-24-18(27)16-17(23-20(31-16)25-6-2-3-7-25)22-19(24)30-10-15(26)21-9-12-4-5-13-14(8-12)29-11-28-13/h4-5,8H,2-3,6-7,9-11H2,1H3,(H,21,26). The van der Waals surface area contributed by atoms with Gasteiger partial charge in [0.1, 0.15) is 4.70 Å². The van der Waals surface area contributed by atoms with Gasteiger partial charge in [-0.2, -0.15) is 4.98 Å². The summed E-state index contributed by atoms with van der Waals surface area (Å²) >= 11 is 2.62. The maximum absolute atomic E-state index is 12.8. The highest BCUT2D eigenvalue weighted by Gasteiger charge is 2.20. The highest BCUT2D eigenvalue weighted by molar-refractivity contribution is 7.99. The zero-order chi connectivity index (χ0) is 21.4. The molecule has 0 unspecified atom stereocenters. The van der Waals surface area contributed by atoms with Crippen molar-refractivity contribution in [3.63, 3.8) is 0 Å². The molecule has 1 fully saturated rings. The fraction of sp³-hybridized carbons (Fsp3) is 0.400. The Morgan fingerprint density at radius 2 is 2.03 bits per heavy atom. The molecule has 1 amide bonds. The molecule has 0 saturated carbocycles. The fourth-order valence-electron chi connectivity index (χ4n) is 3.53. The third kappa shape index (κ3) is 4.07. The van der Waals surface area contributed by atoms with E-state index in [1.54, 1.807) is 7.05 Å². The van der Waals surface area contributed by atoms with Gasteiger partial charge in [0.15, 0.2) is 27.4 Å². The number of thiazole rings is 1. The molecule has 0 radical (unpaired) electrons. The Kier molecular flexibility index (Phi) is 5.45. The van der Waals surface area contributed by atoms with Crippen LogP contribution in [-0.2, 0) is 18.4 Å². The number of amides is 1. The van der Waals surface area contributed by atoms with E-state index < -0.39 is 0 Å². The third-order valence-corrected chi connectivity index (χ3v) is 7.34. The van der Waals surface area contributed by atoms with Gasteiger partial charge in [0.2, 0.25) is 12.7 Å². The fourth-order valence-corrected chi connectivity index (χ4v) is 5.35. The average molecular weight is 460 g/mol. The van der Waals surface area contributed by atoms with Gasteiger partial charge in [-0.3, -0.25) is 14.2 Å². The molecular formula is C20H21N5O4S2. The maximum Gasteiger partial charge on any atom is 0.273 e. The lowest BCUT2D eigenvalue weighted by Gasteiger charge is -2.11. The van der Waals surface area contributed by atoms with Gasteiger partial charge in [-0.1, -0.05) is 29.2 Å². The molecule has 1 saturated heterocycles. The van der Waals surface area contributed by atoms with Crippen LogP contribution in [0.1, 0.15) is 18.4 Å². The number of fused-ring (bicyclic) bond motifs is 2. The maximum atomic E-state index is 12.8. The number of benzene rings is 1. The smallest absolute Gasteiger partial charge is 0.273 e. The molecule has 2 aromatic heterocycles. The second-order valence-corrected chi connectivity index (χ2v) is 9.27. The van der Waals surface area contributed by atoms with Crippen molar-refractivity contribution in [3.05, 3.63) is 34.1 Å². The van der Waals surface area contributed by atoms with Gasteiger partial charge >= 0.3 is 0 Å². The van der Waals surface area contributed by atoms with E-state index in [2.05, 4.69) is 20.2 Å². The molecule has 0 atom stereocenters. The summed E-state index contributed by atoms with van der Waals surface area (Å²) in [6.45, 7) is 2.53. The number of nitrogens with one attached hydrogen (secondary N) is 1. The lowest BCUT2D eigenvalue weighted by atomic mass is 10.2. The first kappa shape index (κ1) is 20.1. The first-order valence-electron chi connectivity index (χ1n) is 9.99. The van der Waals surface area contributed by atoms with E-state index in [0.29, 0.717) is 33.5 Å². The Morgan fingerprint density at radius 3 is 2.87 bits per heavy atom. The molecule has 1 aromatic carbocycles. The summed E-state index contributed by atoms with van der Waals surface area (Å²) in [5.41, 5.74) is 1.25. The average Bonchev–Trinajstić information content (AvgIpc) is 3.53. The van der Waals surface area contributed by atoms with Gasteiger partial charge in [0, 0.05) is 26.7 Å². The normalized spacial score (nSPS) is 15.1. The van der Waals surface area contributed by atoms with Gasteiger partial charge in [0.05, 0.1) is 5.75 Å². The van der Waals surface area contributed by atoms with Crippen LogP contribution >= 0.6 is 23.1 Å². The number of anilines is 1. The van der Waals surface area contributed by atoms with Crippen LogP contribution in [0.15, 0.2) is 28.2 Å². The second kappa shape index (κ2) is 8.39. The summed E-state index contributed by atoms with van der Waals surface area (Å²) in [6.07, 6.45) is 2.29. The van der Waals surface area contributed by atoms with E-state index in [0.717, 1.165) is 36.6 Å². The Labute approximate surface area is 186 Å². The minimum absolute atomic E-state index is 0.129. The van der Waals surface area contributed by atoms with Gasteiger partial charge < -0.3 is 19.7 Å². The van der Waals surface area contributed by atoms with Crippen LogP contribution < -0.4 is 25.2 Å². The summed E-state index contributed by atoms with van der Waals surface area (Å²) in [7, 11) is 1.68. The van der Waals surface area contributed by atoms with Gasteiger partial charge in [0.25, 0.3) is 5.56 Å². The number of nitrogens with zero attached hydrogens (tertiary/aromatic N) is 4. The lowest BCUT2D eigenvalue weighted by Crippen LogP contribution is -2.25. The molecule has 0 aliphatic carbocycles. The number of aromatic nitrogens is 3. The largest absolute Gasteiger partial charge is 0.454 e. The van der Waals surface area contributed by atoms with Crippen LogP contribution in [-0.4, -0.2) is 46.1 Å². The second-order valence-electron chi connectivity index (χ2n) is 7.35. The van der Waals surface area contributed by atoms with Crippen LogP contribution in [0.3, 0.4) is 0 Å². The van der Waals surface area contributed by atoms with E-state index in [1.165, 1.54) is 27.7 Å². The van der Waals surface area contributed by atoms with Crippen molar-refractivity contribution in [2.24, 2.45) is 7.05 Å². The highest BCUT2D eigenvalue weighted by Crippen LogP contribution is 2.32. The summed E-state index contributed by atoms with van der Waals surface area (Å²) in [5.74, 6) is 1.40. The molecule has 162 valence electrons. The molecule has 9 nitrogen and oxygen atoms in total. The number of rotatable bonds is 6. The van der Waals surface area contributed by atoms with Crippen molar-refractivity contribution in [2.45, 2.75) is 24.5 Å². The van der Waals surface area contributed by atoms with Crippen LogP contribution in [0, 0.1) is 0 Å². The highest BCUT2D eigenvalue weighted by atomic mass is 32.2. The lowest BCUT2D eigenvalue weighted by molar-refractivity contribution is -0.118. The van der Waals surface area contributed by atoms with E-state index >= 15 is 0 Å². The third-order valence-electron chi connectivity index (χ3n) is 5.22. The number of ether oxygens (including phenoxy) is 2. The first-order valence-corrected chi connectivity index (χ1v) is 11.8. The number of carbonyl (C=O) groups excluding carboxylic acids is 1. The summed E-state index contributed by atoms with van der Waals surface area (Å²) in [5, 5.41) is 4.21. The van der Waals surface area contributed by atoms with Crippen LogP contribution in [0.5, 0.6) is 11.5 Å². The van der Waals surface area contributed by atoms with Crippen molar-refractivity contribution in [2.75, 3.05) is 30.5 Å². The number of hydrogen-bond donors (Lipinski definition) is 1. The van der Waals surface area contributed by atoms with Crippen molar-refractivity contribution < 1.29 is 14.3 Å². The van der Waals surface area contributed by atoms with Crippen LogP contribution in [0.2, 0.25) is 0 Å². The predicted molar refractivity (Wildman–Crippen MR) is 119 cm³/mol. The molecule has 2 aliphatic heterocycles. The number of thioether (sulfide) groups is 1. The number of carbonyl (C=O) groups is 1.